The SMILES string of the molecule is CCCCOc1cc(=NC(=O)c2ccc(C(F)(F)F)cc2)cnn1C1C=CCC=C1. The van der Waals surface area contributed by atoms with Crippen molar-refractivity contribution in [3.63, 3.8) is 0 Å². The number of nitrogens with zero attached hydrogens (tertiary/aromatic N) is 3. The molecule has 0 bridgehead atoms. The van der Waals surface area contributed by atoms with Gasteiger partial charge in [-0.05, 0) is 37.1 Å². The highest BCUT2D eigenvalue weighted by atomic mass is 19.4. The number of allylic oxidation sites excluding steroid dienone is 4. The second-order valence-electron chi connectivity index (χ2n) is 6.77. The molecule has 1 aromatic heterocycles. The van der Waals surface area contributed by atoms with Crippen molar-refractivity contribution in [2.75, 3.05) is 6.61 Å². The Morgan fingerprint density at radius 1 is 1.23 bits per heavy atom. The van der Waals surface area contributed by atoms with Gasteiger partial charge >= 0.3 is 6.18 Å². The Balaban J connectivity index is 1.88. The average Bonchev–Trinajstić information content (AvgIpc) is 2.74. The van der Waals surface area contributed by atoms with Crippen LogP contribution in [0.15, 0.2) is 65.8 Å². The number of ether oxygens (including phenoxy) is 1. The van der Waals surface area contributed by atoms with Gasteiger partial charge in [-0.1, -0.05) is 37.6 Å². The summed E-state index contributed by atoms with van der Waals surface area (Å²) in [6.07, 6.45) is 7.73. The minimum Gasteiger partial charge on any atom is -0.478 e. The van der Waals surface area contributed by atoms with E-state index in [-0.39, 0.29) is 17.0 Å². The highest BCUT2D eigenvalue weighted by Crippen LogP contribution is 2.29. The summed E-state index contributed by atoms with van der Waals surface area (Å²) in [6.45, 7) is 2.55. The third-order valence-electron chi connectivity index (χ3n) is 4.47. The summed E-state index contributed by atoms with van der Waals surface area (Å²) < 4.78 is 45.6. The van der Waals surface area contributed by atoms with Gasteiger partial charge < -0.3 is 4.74 Å². The minimum absolute atomic E-state index is 0.0614. The van der Waals surface area contributed by atoms with E-state index in [4.69, 9.17) is 4.74 Å². The Hall–Kier alpha value is -3.16. The molecule has 0 spiro atoms. The number of carbonyl (C=O) groups is 1. The van der Waals surface area contributed by atoms with E-state index in [1.807, 2.05) is 24.3 Å². The quantitative estimate of drug-likeness (QED) is 0.497. The summed E-state index contributed by atoms with van der Waals surface area (Å²) in [6, 6.07) is 5.46. The number of halogens is 3. The first-order chi connectivity index (χ1) is 14.4. The molecule has 0 N–H and O–H groups in total. The second kappa shape index (κ2) is 9.56. The topological polar surface area (TPSA) is 56.5 Å². The fourth-order valence-electron chi connectivity index (χ4n) is 2.85. The van der Waals surface area contributed by atoms with Gasteiger partial charge in [0, 0.05) is 11.6 Å². The Morgan fingerprint density at radius 3 is 2.57 bits per heavy atom. The minimum atomic E-state index is -4.46. The largest absolute Gasteiger partial charge is 0.478 e. The summed E-state index contributed by atoms with van der Waals surface area (Å²) in [5, 5.41) is 4.64. The number of amides is 1. The molecule has 0 atom stereocenters. The first kappa shape index (κ1) is 21.5. The molecule has 0 radical (unpaired) electrons. The lowest BCUT2D eigenvalue weighted by Crippen LogP contribution is -2.19. The van der Waals surface area contributed by atoms with Crippen LogP contribution in [0.1, 0.15) is 48.1 Å². The molecule has 0 unspecified atom stereocenters. The Bertz CT molecular complexity index is 994. The van der Waals surface area contributed by atoms with Crippen molar-refractivity contribution in [3.8, 4) is 5.88 Å². The van der Waals surface area contributed by atoms with Crippen LogP contribution in [0.4, 0.5) is 13.2 Å². The second-order valence-corrected chi connectivity index (χ2v) is 6.77. The number of benzene rings is 1. The standard InChI is InChI=1S/C22H22F3N3O2/c1-2-3-13-30-20-14-18(15-26-28(20)19-7-5-4-6-8-19)27-21(29)16-9-11-17(12-10-16)22(23,24)25/h5-12,14-15,19H,2-4,13H2,1H3. The van der Waals surface area contributed by atoms with Crippen molar-refractivity contribution >= 4 is 5.91 Å². The Labute approximate surface area is 172 Å². The average molecular weight is 417 g/mol. The maximum atomic E-state index is 12.7. The molecular weight excluding hydrogens is 395 g/mol. The van der Waals surface area contributed by atoms with Crippen LogP contribution in [0.25, 0.3) is 0 Å². The van der Waals surface area contributed by atoms with Crippen LogP contribution in [-0.4, -0.2) is 22.3 Å². The molecule has 158 valence electrons. The van der Waals surface area contributed by atoms with Gasteiger partial charge in [0.05, 0.1) is 29.8 Å². The van der Waals surface area contributed by atoms with Crippen molar-refractivity contribution in [2.45, 2.75) is 38.4 Å². The van der Waals surface area contributed by atoms with Gasteiger partial charge in [-0.3, -0.25) is 4.79 Å². The first-order valence-electron chi connectivity index (χ1n) is 9.70. The van der Waals surface area contributed by atoms with E-state index in [0.717, 1.165) is 43.5 Å². The monoisotopic (exact) mass is 417 g/mol. The molecule has 2 aromatic rings. The Morgan fingerprint density at radius 2 is 1.93 bits per heavy atom. The predicted octanol–water partition coefficient (Wildman–Crippen LogP) is 4.88. The van der Waals surface area contributed by atoms with E-state index in [9.17, 15) is 18.0 Å². The molecule has 1 heterocycles. The van der Waals surface area contributed by atoms with Gasteiger partial charge in [-0.15, -0.1) is 0 Å². The first-order valence-corrected chi connectivity index (χ1v) is 9.70. The molecule has 30 heavy (non-hydrogen) atoms. The number of rotatable bonds is 6. The van der Waals surface area contributed by atoms with E-state index < -0.39 is 17.6 Å². The van der Waals surface area contributed by atoms with Gasteiger partial charge in [0.1, 0.15) is 0 Å². The van der Waals surface area contributed by atoms with E-state index in [2.05, 4.69) is 17.0 Å². The zero-order valence-electron chi connectivity index (χ0n) is 16.5. The van der Waals surface area contributed by atoms with Crippen molar-refractivity contribution in [1.29, 1.82) is 0 Å². The Kier molecular flexibility index (Phi) is 6.87. The van der Waals surface area contributed by atoms with E-state index in [1.54, 1.807) is 10.7 Å². The van der Waals surface area contributed by atoms with Gasteiger partial charge in [0.15, 0.2) is 0 Å². The maximum Gasteiger partial charge on any atom is 0.416 e. The predicted molar refractivity (Wildman–Crippen MR) is 106 cm³/mol. The summed E-state index contributed by atoms with van der Waals surface area (Å²) in [4.78, 5) is 16.4. The molecule has 8 heteroatoms. The normalized spacial score (nSPS) is 14.9. The molecular formula is C22H22F3N3O2. The van der Waals surface area contributed by atoms with E-state index >= 15 is 0 Å². The number of hydrogen-bond acceptors (Lipinski definition) is 3. The summed E-state index contributed by atoms with van der Waals surface area (Å²) in [5.74, 6) is -0.189. The number of alkyl halides is 3. The molecule has 1 aliphatic carbocycles. The van der Waals surface area contributed by atoms with Crippen LogP contribution < -0.4 is 10.1 Å². The molecule has 1 amide bonds. The van der Waals surface area contributed by atoms with Crippen LogP contribution in [0.5, 0.6) is 5.88 Å². The van der Waals surface area contributed by atoms with E-state index in [1.165, 1.54) is 6.20 Å². The number of carbonyl (C=O) groups excluding carboxylic acids is 1. The summed E-state index contributed by atoms with van der Waals surface area (Å²) >= 11 is 0. The lowest BCUT2D eigenvalue weighted by atomic mass is 10.1. The van der Waals surface area contributed by atoms with Crippen LogP contribution in [0.2, 0.25) is 0 Å². The van der Waals surface area contributed by atoms with Crippen LogP contribution in [0, 0.1) is 0 Å². The summed E-state index contributed by atoms with van der Waals surface area (Å²) in [5.41, 5.74) is -0.756. The zero-order valence-corrected chi connectivity index (χ0v) is 16.5. The third kappa shape index (κ3) is 5.46. The number of hydrogen-bond donors (Lipinski definition) is 0. The number of unbranched alkanes of at least 4 members (excludes halogenated alkanes) is 1. The van der Waals surface area contributed by atoms with Gasteiger partial charge in [-0.2, -0.15) is 18.3 Å². The molecule has 1 aliphatic rings. The molecule has 1 aromatic carbocycles. The third-order valence-corrected chi connectivity index (χ3v) is 4.47. The van der Waals surface area contributed by atoms with E-state index in [0.29, 0.717) is 12.5 Å². The fourth-order valence-corrected chi connectivity index (χ4v) is 2.85. The maximum absolute atomic E-state index is 12.7. The molecule has 0 saturated carbocycles. The van der Waals surface area contributed by atoms with Crippen molar-refractivity contribution < 1.29 is 22.7 Å². The summed E-state index contributed by atoms with van der Waals surface area (Å²) in [7, 11) is 0. The number of aromatic nitrogens is 2. The van der Waals surface area contributed by atoms with Crippen molar-refractivity contribution in [2.24, 2.45) is 4.99 Å². The molecule has 3 rings (SSSR count). The van der Waals surface area contributed by atoms with Crippen molar-refractivity contribution in [3.05, 3.63) is 77.3 Å². The lowest BCUT2D eigenvalue weighted by Gasteiger charge is -2.18. The van der Waals surface area contributed by atoms with Crippen molar-refractivity contribution in [1.82, 2.24) is 9.78 Å². The molecule has 5 nitrogen and oxygen atoms in total. The highest BCUT2D eigenvalue weighted by molar-refractivity contribution is 5.94. The van der Waals surface area contributed by atoms with Crippen LogP contribution in [-0.2, 0) is 6.18 Å². The lowest BCUT2D eigenvalue weighted by molar-refractivity contribution is -0.137. The molecule has 0 saturated heterocycles. The van der Waals surface area contributed by atoms with Gasteiger partial charge in [-0.25, -0.2) is 9.67 Å². The zero-order chi connectivity index (χ0) is 21.6. The molecule has 0 fully saturated rings. The highest BCUT2D eigenvalue weighted by Gasteiger charge is 2.30. The van der Waals surface area contributed by atoms with Crippen LogP contribution in [0.3, 0.4) is 0 Å². The fraction of sp³-hybridized carbons (Fsp3) is 0.318. The van der Waals surface area contributed by atoms with Gasteiger partial charge in [0.25, 0.3) is 5.91 Å². The van der Waals surface area contributed by atoms with Gasteiger partial charge in [0.2, 0.25) is 5.88 Å². The molecule has 0 aliphatic heterocycles. The van der Waals surface area contributed by atoms with Crippen LogP contribution >= 0.6 is 0 Å². The smallest absolute Gasteiger partial charge is 0.416 e.